The minimum atomic E-state index is 0.200. The number of nitrogens with zero attached hydrogens (tertiary/aromatic N) is 2. The van der Waals surface area contributed by atoms with E-state index in [-0.39, 0.29) is 6.04 Å². The normalized spacial score (nSPS) is 17.2. The van der Waals surface area contributed by atoms with E-state index >= 15 is 0 Å². The average molecular weight is 275 g/mol. The van der Waals surface area contributed by atoms with Crippen molar-refractivity contribution in [3.05, 3.63) is 29.5 Å². The summed E-state index contributed by atoms with van der Waals surface area (Å²) in [7, 11) is 1.62. The van der Waals surface area contributed by atoms with Crippen LogP contribution in [0.1, 0.15) is 57.2 Å². The van der Waals surface area contributed by atoms with Crippen molar-refractivity contribution in [3.63, 3.8) is 0 Å². The lowest BCUT2D eigenvalue weighted by Crippen LogP contribution is -2.25. The highest BCUT2D eigenvalue weighted by atomic mass is 16.5. The van der Waals surface area contributed by atoms with Gasteiger partial charge >= 0.3 is 0 Å². The van der Waals surface area contributed by atoms with Crippen molar-refractivity contribution in [2.45, 2.75) is 51.5 Å². The lowest BCUT2D eigenvalue weighted by atomic mass is 9.98. The monoisotopic (exact) mass is 275 g/mol. The predicted molar refractivity (Wildman–Crippen MR) is 80.8 cm³/mol. The van der Waals surface area contributed by atoms with Gasteiger partial charge in [-0.15, -0.1) is 10.2 Å². The highest BCUT2D eigenvalue weighted by molar-refractivity contribution is 5.24. The molecule has 0 bridgehead atoms. The number of allylic oxidation sites excluding steroid dienone is 1. The number of aromatic nitrogens is 2. The van der Waals surface area contributed by atoms with E-state index in [2.05, 4.69) is 28.5 Å². The summed E-state index contributed by atoms with van der Waals surface area (Å²) in [5.74, 6) is 0.567. The van der Waals surface area contributed by atoms with Gasteiger partial charge in [-0.25, -0.2) is 0 Å². The number of methoxy groups -OCH3 is 1. The summed E-state index contributed by atoms with van der Waals surface area (Å²) >= 11 is 0. The summed E-state index contributed by atoms with van der Waals surface area (Å²) in [5, 5.41) is 12.0. The van der Waals surface area contributed by atoms with Gasteiger partial charge in [-0.3, -0.25) is 0 Å². The smallest absolute Gasteiger partial charge is 0.233 e. The van der Waals surface area contributed by atoms with Crippen molar-refractivity contribution < 1.29 is 4.74 Å². The summed E-state index contributed by atoms with van der Waals surface area (Å²) in [6.07, 6.45) is 9.77. The molecule has 1 aliphatic rings. The third-order valence-corrected chi connectivity index (χ3v) is 3.71. The molecule has 4 nitrogen and oxygen atoms in total. The van der Waals surface area contributed by atoms with Crippen LogP contribution < -0.4 is 10.1 Å². The molecule has 1 atom stereocenters. The van der Waals surface area contributed by atoms with E-state index in [1.165, 1.54) is 31.3 Å². The highest BCUT2D eigenvalue weighted by Crippen LogP contribution is 2.28. The number of ether oxygens (including phenoxy) is 1. The number of hydrogen-bond acceptors (Lipinski definition) is 4. The zero-order valence-electron chi connectivity index (χ0n) is 12.6. The Morgan fingerprint density at radius 3 is 2.85 bits per heavy atom. The summed E-state index contributed by atoms with van der Waals surface area (Å²) in [6, 6.07) is 4.11. The fraction of sp³-hybridized carbons (Fsp3) is 0.625. The molecule has 1 heterocycles. The standard InChI is InChI=1S/C16H25N3O/c1-3-12-17-16(13-8-6-4-5-7-9-13)14-10-11-15(20-2)19-18-14/h8,10-11,16-17H,3-7,9,12H2,1-2H3. The molecular formula is C16H25N3O. The lowest BCUT2D eigenvalue weighted by Gasteiger charge is -2.21. The maximum absolute atomic E-state index is 5.09. The Kier molecular flexibility index (Phi) is 5.99. The number of nitrogens with one attached hydrogen (secondary N) is 1. The number of hydrogen-bond donors (Lipinski definition) is 1. The van der Waals surface area contributed by atoms with Gasteiger partial charge in [-0.1, -0.05) is 25.0 Å². The van der Waals surface area contributed by atoms with E-state index in [0.717, 1.165) is 25.1 Å². The van der Waals surface area contributed by atoms with Gasteiger partial charge in [0.15, 0.2) is 0 Å². The molecule has 0 fully saturated rings. The molecule has 0 spiro atoms. The fourth-order valence-corrected chi connectivity index (χ4v) is 2.61. The summed E-state index contributed by atoms with van der Waals surface area (Å²) < 4.78 is 5.09. The molecule has 1 N–H and O–H groups in total. The predicted octanol–water partition coefficient (Wildman–Crippen LogP) is 3.42. The first-order valence-electron chi connectivity index (χ1n) is 7.65. The largest absolute Gasteiger partial charge is 0.480 e. The summed E-state index contributed by atoms with van der Waals surface area (Å²) in [6.45, 7) is 3.18. The Morgan fingerprint density at radius 2 is 2.15 bits per heavy atom. The van der Waals surface area contributed by atoms with Gasteiger partial charge in [0, 0.05) is 6.07 Å². The molecule has 0 radical (unpaired) electrons. The van der Waals surface area contributed by atoms with E-state index in [9.17, 15) is 0 Å². The van der Waals surface area contributed by atoms with Crippen molar-refractivity contribution in [3.8, 4) is 5.88 Å². The van der Waals surface area contributed by atoms with Gasteiger partial charge in [0.1, 0.15) is 0 Å². The van der Waals surface area contributed by atoms with Crippen molar-refractivity contribution in [2.75, 3.05) is 13.7 Å². The molecule has 110 valence electrons. The van der Waals surface area contributed by atoms with Crippen LogP contribution in [0.15, 0.2) is 23.8 Å². The third kappa shape index (κ3) is 4.04. The van der Waals surface area contributed by atoms with Gasteiger partial charge in [0.25, 0.3) is 0 Å². The molecular weight excluding hydrogens is 250 g/mol. The van der Waals surface area contributed by atoms with Crippen LogP contribution in [0.25, 0.3) is 0 Å². The van der Waals surface area contributed by atoms with Crippen molar-refractivity contribution in [1.29, 1.82) is 0 Å². The van der Waals surface area contributed by atoms with Crippen LogP contribution in [0.2, 0.25) is 0 Å². The Hall–Kier alpha value is -1.42. The highest BCUT2D eigenvalue weighted by Gasteiger charge is 2.18. The average Bonchev–Trinajstić information content (AvgIpc) is 2.77. The second-order valence-electron chi connectivity index (χ2n) is 5.27. The van der Waals surface area contributed by atoms with Crippen LogP contribution in [0, 0.1) is 0 Å². The zero-order chi connectivity index (χ0) is 14.2. The second kappa shape index (κ2) is 8.00. The Bertz CT molecular complexity index is 428. The first-order valence-corrected chi connectivity index (χ1v) is 7.65. The zero-order valence-corrected chi connectivity index (χ0v) is 12.6. The Labute approximate surface area is 121 Å². The molecule has 0 amide bonds. The van der Waals surface area contributed by atoms with E-state index in [4.69, 9.17) is 4.74 Å². The molecule has 1 unspecified atom stereocenters. The molecule has 0 saturated heterocycles. The first kappa shape index (κ1) is 15.0. The van der Waals surface area contributed by atoms with Crippen LogP contribution >= 0.6 is 0 Å². The van der Waals surface area contributed by atoms with Crippen LogP contribution in [0.5, 0.6) is 5.88 Å². The van der Waals surface area contributed by atoms with Crippen LogP contribution in [-0.4, -0.2) is 23.9 Å². The lowest BCUT2D eigenvalue weighted by molar-refractivity contribution is 0.389. The first-order chi connectivity index (χ1) is 9.85. The van der Waals surface area contributed by atoms with Crippen molar-refractivity contribution in [2.24, 2.45) is 0 Å². The van der Waals surface area contributed by atoms with Crippen LogP contribution in [-0.2, 0) is 0 Å². The third-order valence-electron chi connectivity index (χ3n) is 3.71. The molecule has 0 saturated carbocycles. The van der Waals surface area contributed by atoms with E-state index < -0.39 is 0 Å². The van der Waals surface area contributed by atoms with Gasteiger partial charge in [0.05, 0.1) is 18.8 Å². The van der Waals surface area contributed by atoms with E-state index in [1.807, 2.05) is 12.1 Å². The maximum atomic E-state index is 5.09. The molecule has 1 aliphatic carbocycles. The molecule has 1 aromatic rings. The van der Waals surface area contributed by atoms with E-state index in [0.29, 0.717) is 5.88 Å². The topological polar surface area (TPSA) is 47.0 Å². The second-order valence-corrected chi connectivity index (χ2v) is 5.27. The maximum Gasteiger partial charge on any atom is 0.233 e. The molecule has 4 heteroatoms. The van der Waals surface area contributed by atoms with Gasteiger partial charge in [-0.05, 0) is 44.7 Å². The van der Waals surface area contributed by atoms with Crippen molar-refractivity contribution >= 4 is 0 Å². The SMILES string of the molecule is CCCNC(C1=CCCCCC1)c1ccc(OC)nn1. The fourth-order valence-electron chi connectivity index (χ4n) is 2.61. The molecule has 2 rings (SSSR count). The van der Waals surface area contributed by atoms with Crippen LogP contribution in [0.4, 0.5) is 0 Å². The van der Waals surface area contributed by atoms with E-state index in [1.54, 1.807) is 7.11 Å². The van der Waals surface area contributed by atoms with Gasteiger partial charge < -0.3 is 10.1 Å². The molecule has 0 aliphatic heterocycles. The molecule has 20 heavy (non-hydrogen) atoms. The minimum Gasteiger partial charge on any atom is -0.480 e. The minimum absolute atomic E-state index is 0.200. The summed E-state index contributed by atoms with van der Waals surface area (Å²) in [4.78, 5) is 0. The molecule has 1 aromatic heterocycles. The van der Waals surface area contributed by atoms with Gasteiger partial charge in [0.2, 0.25) is 5.88 Å². The Balaban J connectivity index is 2.18. The van der Waals surface area contributed by atoms with Crippen LogP contribution in [0.3, 0.4) is 0 Å². The van der Waals surface area contributed by atoms with Gasteiger partial charge in [-0.2, -0.15) is 0 Å². The quantitative estimate of drug-likeness (QED) is 0.808. The summed E-state index contributed by atoms with van der Waals surface area (Å²) in [5.41, 5.74) is 2.46. The molecule has 0 aromatic carbocycles. The number of rotatable bonds is 6. The Morgan fingerprint density at radius 1 is 1.25 bits per heavy atom. The van der Waals surface area contributed by atoms with Crippen molar-refractivity contribution in [1.82, 2.24) is 15.5 Å².